The molecule has 0 aliphatic heterocycles. The summed E-state index contributed by atoms with van der Waals surface area (Å²) in [6.07, 6.45) is -0.684. The van der Waals surface area contributed by atoms with Gasteiger partial charge in [0, 0.05) is 11.0 Å². The lowest BCUT2D eigenvalue weighted by Gasteiger charge is -2.14. The van der Waals surface area contributed by atoms with E-state index in [4.69, 9.17) is 4.74 Å². The molecule has 2 N–H and O–H groups in total. The van der Waals surface area contributed by atoms with Gasteiger partial charge in [-0.2, -0.15) is 0 Å². The highest BCUT2D eigenvalue weighted by Gasteiger charge is 2.09. The average molecular weight is 340 g/mol. The molecule has 2 aromatic rings. The van der Waals surface area contributed by atoms with E-state index < -0.39 is 6.10 Å². The van der Waals surface area contributed by atoms with E-state index >= 15 is 0 Å². The SMILES string of the molecule is COc1ccc(C(O)CNc2cc(F)ccc2Br)cc1. The quantitative estimate of drug-likeness (QED) is 0.871. The first kappa shape index (κ1) is 14.8. The molecule has 3 nitrogen and oxygen atoms in total. The molecule has 1 unspecified atom stereocenters. The first-order valence-electron chi connectivity index (χ1n) is 6.11. The van der Waals surface area contributed by atoms with Crippen LogP contribution in [0.15, 0.2) is 46.9 Å². The zero-order chi connectivity index (χ0) is 14.5. The van der Waals surface area contributed by atoms with Crippen LogP contribution in [-0.4, -0.2) is 18.8 Å². The molecule has 0 aliphatic rings. The summed E-state index contributed by atoms with van der Waals surface area (Å²) < 4.78 is 19.0. The first-order chi connectivity index (χ1) is 9.60. The highest BCUT2D eigenvalue weighted by atomic mass is 79.9. The predicted molar refractivity (Wildman–Crippen MR) is 80.5 cm³/mol. The predicted octanol–water partition coefficient (Wildman–Crippen LogP) is 3.74. The molecule has 0 bridgehead atoms. The Morgan fingerprint density at radius 1 is 1.25 bits per heavy atom. The Morgan fingerprint density at radius 3 is 2.60 bits per heavy atom. The molecule has 20 heavy (non-hydrogen) atoms. The van der Waals surface area contributed by atoms with Crippen LogP contribution in [0.5, 0.6) is 5.75 Å². The Bertz CT molecular complexity index is 575. The van der Waals surface area contributed by atoms with Crippen molar-refractivity contribution in [3.63, 3.8) is 0 Å². The first-order valence-corrected chi connectivity index (χ1v) is 6.90. The fraction of sp³-hybridized carbons (Fsp3) is 0.200. The standard InChI is InChI=1S/C15H15BrFNO2/c1-20-12-5-2-10(3-6-12)15(19)9-18-14-8-11(17)4-7-13(14)16/h2-8,15,18-19H,9H2,1H3. The number of hydrogen-bond acceptors (Lipinski definition) is 3. The molecule has 0 fully saturated rings. The van der Waals surface area contributed by atoms with Gasteiger partial charge in [-0.15, -0.1) is 0 Å². The molecule has 0 radical (unpaired) electrons. The number of aliphatic hydroxyl groups is 1. The smallest absolute Gasteiger partial charge is 0.125 e. The zero-order valence-electron chi connectivity index (χ0n) is 10.9. The van der Waals surface area contributed by atoms with E-state index in [1.807, 2.05) is 0 Å². The highest BCUT2D eigenvalue weighted by Crippen LogP contribution is 2.24. The van der Waals surface area contributed by atoms with E-state index in [-0.39, 0.29) is 12.4 Å². The molecule has 0 heterocycles. The van der Waals surface area contributed by atoms with Crippen LogP contribution in [0.1, 0.15) is 11.7 Å². The Balaban J connectivity index is 2.00. The van der Waals surface area contributed by atoms with E-state index in [1.165, 1.54) is 12.1 Å². The van der Waals surface area contributed by atoms with Gasteiger partial charge in [-0.3, -0.25) is 0 Å². The van der Waals surface area contributed by atoms with Crippen molar-refractivity contribution in [1.29, 1.82) is 0 Å². The lowest BCUT2D eigenvalue weighted by molar-refractivity contribution is 0.191. The summed E-state index contributed by atoms with van der Waals surface area (Å²) in [5, 5.41) is 13.1. The van der Waals surface area contributed by atoms with Crippen LogP contribution < -0.4 is 10.1 Å². The van der Waals surface area contributed by atoms with Gasteiger partial charge >= 0.3 is 0 Å². The van der Waals surface area contributed by atoms with Gasteiger partial charge < -0.3 is 15.2 Å². The number of hydrogen-bond donors (Lipinski definition) is 2. The Hall–Kier alpha value is -1.59. The Labute approximate surface area is 125 Å². The molecule has 106 valence electrons. The molecule has 2 rings (SSSR count). The van der Waals surface area contributed by atoms with Gasteiger partial charge in [-0.1, -0.05) is 12.1 Å². The normalized spacial score (nSPS) is 12.0. The summed E-state index contributed by atoms with van der Waals surface area (Å²) in [5.41, 5.74) is 1.38. The van der Waals surface area contributed by atoms with Gasteiger partial charge in [0.05, 0.1) is 18.9 Å². The molecule has 0 spiro atoms. The molecule has 0 aromatic heterocycles. The number of rotatable bonds is 5. The van der Waals surface area contributed by atoms with Crippen molar-refractivity contribution in [3.05, 3.63) is 58.3 Å². The number of methoxy groups -OCH3 is 1. The van der Waals surface area contributed by atoms with Crippen LogP contribution in [0, 0.1) is 5.82 Å². The third-order valence-corrected chi connectivity index (χ3v) is 3.61. The summed E-state index contributed by atoms with van der Waals surface area (Å²) >= 11 is 3.33. The van der Waals surface area contributed by atoms with Gasteiger partial charge in [-0.25, -0.2) is 4.39 Å². The van der Waals surface area contributed by atoms with Crippen molar-refractivity contribution < 1.29 is 14.2 Å². The maximum atomic E-state index is 13.1. The number of aliphatic hydroxyl groups excluding tert-OH is 1. The maximum absolute atomic E-state index is 13.1. The van der Waals surface area contributed by atoms with E-state index in [2.05, 4.69) is 21.2 Å². The summed E-state index contributed by atoms with van der Waals surface area (Å²) in [7, 11) is 1.59. The molecular formula is C15H15BrFNO2. The number of halogens is 2. The van der Waals surface area contributed by atoms with Crippen molar-refractivity contribution in [1.82, 2.24) is 0 Å². The fourth-order valence-corrected chi connectivity index (χ4v) is 2.17. The minimum atomic E-state index is -0.684. The lowest BCUT2D eigenvalue weighted by Crippen LogP contribution is -2.12. The second-order valence-corrected chi connectivity index (χ2v) is 5.15. The number of benzene rings is 2. The minimum Gasteiger partial charge on any atom is -0.497 e. The molecule has 0 aliphatic carbocycles. The monoisotopic (exact) mass is 339 g/mol. The zero-order valence-corrected chi connectivity index (χ0v) is 12.5. The maximum Gasteiger partial charge on any atom is 0.125 e. The van der Waals surface area contributed by atoms with Gasteiger partial charge in [0.1, 0.15) is 11.6 Å². The topological polar surface area (TPSA) is 41.5 Å². The fourth-order valence-electron chi connectivity index (χ4n) is 1.78. The van der Waals surface area contributed by atoms with Crippen LogP contribution in [-0.2, 0) is 0 Å². The minimum absolute atomic E-state index is 0.286. The highest BCUT2D eigenvalue weighted by molar-refractivity contribution is 9.10. The summed E-state index contributed by atoms with van der Waals surface area (Å²) in [6.45, 7) is 0.286. The second-order valence-electron chi connectivity index (χ2n) is 4.29. The van der Waals surface area contributed by atoms with Crippen LogP contribution in [0.3, 0.4) is 0 Å². The molecule has 1 atom stereocenters. The number of ether oxygens (including phenoxy) is 1. The van der Waals surface area contributed by atoms with Crippen molar-refractivity contribution >= 4 is 21.6 Å². The molecule has 5 heteroatoms. The van der Waals surface area contributed by atoms with Crippen molar-refractivity contribution in [2.75, 3.05) is 19.0 Å². The van der Waals surface area contributed by atoms with Gasteiger partial charge in [-0.05, 0) is 51.8 Å². The Kier molecular flexibility index (Phi) is 4.98. The van der Waals surface area contributed by atoms with Gasteiger partial charge in [0.15, 0.2) is 0 Å². The molecule has 2 aromatic carbocycles. The lowest BCUT2D eigenvalue weighted by atomic mass is 10.1. The summed E-state index contributed by atoms with van der Waals surface area (Å²) in [4.78, 5) is 0. The number of nitrogens with one attached hydrogen (secondary N) is 1. The summed E-state index contributed by atoms with van der Waals surface area (Å²) in [6, 6.07) is 11.5. The molecular weight excluding hydrogens is 325 g/mol. The molecule has 0 saturated heterocycles. The molecule has 0 saturated carbocycles. The Morgan fingerprint density at radius 2 is 1.95 bits per heavy atom. The second kappa shape index (κ2) is 6.72. The van der Waals surface area contributed by atoms with Crippen LogP contribution in [0.2, 0.25) is 0 Å². The van der Waals surface area contributed by atoms with Crippen LogP contribution in [0.4, 0.5) is 10.1 Å². The van der Waals surface area contributed by atoms with E-state index in [0.29, 0.717) is 5.69 Å². The van der Waals surface area contributed by atoms with E-state index in [0.717, 1.165) is 15.8 Å². The third-order valence-electron chi connectivity index (χ3n) is 2.91. The van der Waals surface area contributed by atoms with Crippen molar-refractivity contribution in [3.8, 4) is 5.75 Å². The van der Waals surface area contributed by atoms with Crippen LogP contribution >= 0.6 is 15.9 Å². The van der Waals surface area contributed by atoms with E-state index in [1.54, 1.807) is 37.4 Å². The third kappa shape index (κ3) is 3.71. The molecule has 0 amide bonds. The summed E-state index contributed by atoms with van der Waals surface area (Å²) in [5.74, 6) is 0.413. The van der Waals surface area contributed by atoms with E-state index in [9.17, 15) is 9.50 Å². The van der Waals surface area contributed by atoms with Crippen molar-refractivity contribution in [2.45, 2.75) is 6.10 Å². The van der Waals surface area contributed by atoms with Gasteiger partial charge in [0.25, 0.3) is 0 Å². The average Bonchev–Trinajstić information content (AvgIpc) is 2.48. The largest absolute Gasteiger partial charge is 0.497 e. The van der Waals surface area contributed by atoms with Gasteiger partial charge in [0.2, 0.25) is 0 Å². The van der Waals surface area contributed by atoms with Crippen LogP contribution in [0.25, 0.3) is 0 Å². The van der Waals surface area contributed by atoms with Crippen molar-refractivity contribution in [2.24, 2.45) is 0 Å². The number of anilines is 1.